The van der Waals surface area contributed by atoms with E-state index >= 15 is 0 Å². The molecule has 0 saturated carbocycles. The monoisotopic (exact) mass is 325 g/mol. The molecule has 0 radical (unpaired) electrons. The third kappa shape index (κ3) is 5.31. The summed E-state index contributed by atoms with van der Waals surface area (Å²) in [6.07, 6.45) is 0. The Hall–Kier alpha value is -0.830. The predicted molar refractivity (Wildman–Crippen MR) is 67.2 cm³/mol. The van der Waals surface area contributed by atoms with Crippen molar-refractivity contribution in [2.45, 2.75) is 20.8 Å². The molecule has 2 rings (SSSR count). The molecule has 16 heavy (non-hydrogen) atoms. The van der Waals surface area contributed by atoms with Gasteiger partial charge in [-0.3, -0.25) is 0 Å². The first-order valence-electron chi connectivity index (χ1n) is 5.35. The second-order valence-electron chi connectivity index (χ2n) is 3.97. The maximum absolute atomic E-state index is 2.12. The highest BCUT2D eigenvalue weighted by atomic mass is 127. The van der Waals surface area contributed by atoms with Crippen molar-refractivity contribution in [3.63, 3.8) is 0 Å². The van der Waals surface area contributed by atoms with E-state index in [9.17, 15) is 0 Å². The summed E-state index contributed by atoms with van der Waals surface area (Å²) in [5, 5.41) is 0. The minimum Gasteiger partial charge on any atom is -0.0591 e. The van der Waals surface area contributed by atoms with Gasteiger partial charge in [0.1, 0.15) is 0 Å². The minimum absolute atomic E-state index is 1.33. The summed E-state index contributed by atoms with van der Waals surface area (Å²) in [6, 6.07) is 17.0. The highest BCUT2D eigenvalue weighted by Gasteiger charge is 1.90. The second-order valence-corrected chi connectivity index (χ2v) is 5.31. The minimum atomic E-state index is 1.33. The summed E-state index contributed by atoms with van der Waals surface area (Å²) in [4.78, 5) is 0. The molecule has 0 aliphatic heterocycles. The van der Waals surface area contributed by atoms with E-state index < -0.39 is 0 Å². The fourth-order valence-electron chi connectivity index (χ4n) is 1.18. The van der Waals surface area contributed by atoms with E-state index in [0.29, 0.717) is 0 Å². The third-order valence-corrected chi connectivity index (χ3v) is 3.02. The molecule has 0 aromatic heterocycles. The van der Waals surface area contributed by atoms with Crippen LogP contribution in [0.5, 0.6) is 0 Å². The molecule has 1 heteroatoms. The first-order chi connectivity index (χ1) is 7.58. The fraction of sp³-hybridized carbons (Fsp3) is 0.200. The van der Waals surface area contributed by atoms with E-state index in [1.165, 1.54) is 20.3 Å². The summed E-state index contributed by atoms with van der Waals surface area (Å²) < 4.78 is 1.34. The molecule has 2 aromatic carbocycles. The van der Waals surface area contributed by atoms with Crippen LogP contribution in [0.1, 0.15) is 16.7 Å². The molecule has 2 aromatic rings. The van der Waals surface area contributed by atoms with Gasteiger partial charge in [-0.1, -0.05) is 53.1 Å². The van der Waals surface area contributed by atoms with Gasteiger partial charge in [-0.2, -0.15) is 0 Å². The SMILES string of the molecule is Cc1ccc(C)cc1.Cc1ccc([IH+])cc1. The van der Waals surface area contributed by atoms with Crippen LogP contribution in [0, 0.1) is 24.3 Å². The molecule has 0 saturated heterocycles. The van der Waals surface area contributed by atoms with Crippen LogP contribution in [-0.2, 0) is 0 Å². The second kappa shape index (κ2) is 6.69. The Morgan fingerprint density at radius 1 is 0.562 bits per heavy atom. The van der Waals surface area contributed by atoms with E-state index in [4.69, 9.17) is 0 Å². The molecule has 0 atom stereocenters. The number of hydrogen-bond acceptors (Lipinski definition) is 0. The Morgan fingerprint density at radius 3 is 1.06 bits per heavy atom. The van der Waals surface area contributed by atoms with E-state index in [-0.39, 0.29) is 0 Å². The van der Waals surface area contributed by atoms with Gasteiger partial charge in [0.25, 0.3) is 22.6 Å². The van der Waals surface area contributed by atoms with Gasteiger partial charge in [0.05, 0.1) is 0 Å². The normalized spacial score (nSPS) is 9.25. The molecular formula is C15H18I+. The number of rotatable bonds is 0. The van der Waals surface area contributed by atoms with Crippen LogP contribution in [0.2, 0.25) is 0 Å². The molecule has 0 N–H and O–H groups in total. The molecular weight excluding hydrogens is 307 g/mol. The summed E-state index contributed by atoms with van der Waals surface area (Å²) >= 11 is 2.03. The molecule has 0 bridgehead atoms. The topological polar surface area (TPSA) is 0 Å². The van der Waals surface area contributed by atoms with Gasteiger partial charge >= 0.3 is 0 Å². The first kappa shape index (κ1) is 13.2. The van der Waals surface area contributed by atoms with Crippen LogP contribution in [0.4, 0.5) is 0 Å². The van der Waals surface area contributed by atoms with Crippen molar-refractivity contribution >= 4 is 0 Å². The Kier molecular flexibility index (Phi) is 5.53. The van der Waals surface area contributed by atoms with Gasteiger partial charge in [-0.25, -0.2) is 0 Å². The maximum Gasteiger partial charge on any atom is 0.296 e. The summed E-state index contributed by atoms with van der Waals surface area (Å²) in [5.74, 6) is 0. The van der Waals surface area contributed by atoms with Crippen LogP contribution >= 0.6 is 0 Å². The van der Waals surface area contributed by atoms with Crippen molar-refractivity contribution in [3.05, 3.63) is 68.8 Å². The molecule has 0 spiro atoms. The lowest BCUT2D eigenvalue weighted by Gasteiger charge is -1.90. The van der Waals surface area contributed by atoms with Crippen molar-refractivity contribution in [3.8, 4) is 0 Å². The summed E-state index contributed by atoms with van der Waals surface area (Å²) in [6.45, 7) is 6.29. The van der Waals surface area contributed by atoms with E-state index in [1.54, 1.807) is 0 Å². The third-order valence-electron chi connectivity index (χ3n) is 2.24. The van der Waals surface area contributed by atoms with Gasteiger partial charge in [0, 0.05) is 0 Å². The Balaban J connectivity index is 0.000000160. The summed E-state index contributed by atoms with van der Waals surface area (Å²) in [5.41, 5.74) is 3.99. The van der Waals surface area contributed by atoms with E-state index in [0.717, 1.165) is 0 Å². The summed E-state index contributed by atoms with van der Waals surface area (Å²) in [7, 11) is 0. The number of aryl methyl sites for hydroxylation is 3. The van der Waals surface area contributed by atoms with Gasteiger partial charge in [0.2, 0.25) is 0 Å². The van der Waals surface area contributed by atoms with Crippen molar-refractivity contribution in [2.24, 2.45) is 0 Å². The van der Waals surface area contributed by atoms with Crippen molar-refractivity contribution in [1.29, 1.82) is 0 Å². The highest BCUT2D eigenvalue weighted by molar-refractivity contribution is 5.19. The van der Waals surface area contributed by atoms with Crippen molar-refractivity contribution in [1.82, 2.24) is 0 Å². The zero-order valence-electron chi connectivity index (χ0n) is 10.0. The van der Waals surface area contributed by atoms with Gasteiger partial charge in [0.15, 0.2) is 3.57 Å². The molecule has 0 heterocycles. The molecule has 84 valence electrons. The van der Waals surface area contributed by atoms with Gasteiger partial charge in [-0.05, 0) is 32.9 Å². The molecule has 0 aliphatic rings. The largest absolute Gasteiger partial charge is 0.296 e. The highest BCUT2D eigenvalue weighted by Crippen LogP contribution is 1.99. The molecule has 0 unspecified atom stereocenters. The van der Waals surface area contributed by atoms with E-state index in [2.05, 4.69) is 69.3 Å². The molecule has 0 amide bonds. The van der Waals surface area contributed by atoms with Crippen molar-refractivity contribution in [2.75, 3.05) is 0 Å². The van der Waals surface area contributed by atoms with Crippen LogP contribution in [-0.4, -0.2) is 0 Å². The predicted octanol–water partition coefficient (Wildman–Crippen LogP) is 0.754. The van der Waals surface area contributed by atoms with Crippen LogP contribution in [0.3, 0.4) is 0 Å². The van der Waals surface area contributed by atoms with Crippen LogP contribution in [0.15, 0.2) is 48.5 Å². The molecule has 0 nitrogen and oxygen atoms in total. The quantitative estimate of drug-likeness (QED) is 0.627. The smallest absolute Gasteiger partial charge is 0.0591 e. The van der Waals surface area contributed by atoms with Gasteiger partial charge < -0.3 is 0 Å². The maximum atomic E-state index is 2.12. The molecule has 0 fully saturated rings. The average Bonchev–Trinajstić information content (AvgIpc) is 2.28. The molecule has 0 aliphatic carbocycles. The van der Waals surface area contributed by atoms with Crippen molar-refractivity contribution < 1.29 is 22.6 Å². The van der Waals surface area contributed by atoms with E-state index in [1.807, 2.05) is 22.6 Å². The lowest BCUT2D eigenvalue weighted by Crippen LogP contribution is -3.34. The lowest BCUT2D eigenvalue weighted by atomic mass is 10.2. The fourth-order valence-corrected chi connectivity index (χ4v) is 1.56. The Bertz CT molecular complexity index is 327. The average molecular weight is 325 g/mol. The zero-order valence-corrected chi connectivity index (χ0v) is 12.4. The Morgan fingerprint density at radius 2 is 0.812 bits per heavy atom. The standard InChI is InChI=1S/C8H10.C7H8I/c1-7-3-5-8(2)6-4-7;1-6-2-4-7(8)5-3-6/h3-6H,1-2H3;2-5,8H,1H3/q;+1. The zero-order chi connectivity index (χ0) is 12.0. The number of halogens is 1. The first-order valence-corrected chi connectivity index (χ1v) is 6.51. The van der Waals surface area contributed by atoms with Crippen LogP contribution < -0.4 is 22.6 Å². The number of hydrogen-bond donors (Lipinski definition) is 0. The number of benzene rings is 2. The lowest BCUT2D eigenvalue weighted by molar-refractivity contribution is -0.328. The Labute approximate surface area is 112 Å². The van der Waals surface area contributed by atoms with Crippen LogP contribution in [0.25, 0.3) is 0 Å². The van der Waals surface area contributed by atoms with Gasteiger partial charge in [-0.15, -0.1) is 0 Å².